The molecule has 84 valence electrons. The molecule has 0 N–H and O–H groups in total. The number of nitrogens with zero attached hydrogens (tertiary/aromatic N) is 2. The van der Waals surface area contributed by atoms with Gasteiger partial charge in [-0.2, -0.15) is 5.26 Å². The van der Waals surface area contributed by atoms with Gasteiger partial charge in [-0.15, -0.1) is 0 Å². The van der Waals surface area contributed by atoms with Gasteiger partial charge in [-0.05, 0) is 36.5 Å². The summed E-state index contributed by atoms with van der Waals surface area (Å²) in [5.41, 5.74) is 0.394. The summed E-state index contributed by atoms with van der Waals surface area (Å²) in [5.74, 6) is 1.68. The minimum absolute atomic E-state index is 0.394. The molecule has 2 nitrogen and oxygen atoms in total. The van der Waals surface area contributed by atoms with Crippen LogP contribution in [0.4, 0.5) is 0 Å². The van der Waals surface area contributed by atoms with Crippen molar-refractivity contribution in [2.24, 2.45) is 17.3 Å². The van der Waals surface area contributed by atoms with Crippen molar-refractivity contribution in [3.63, 3.8) is 0 Å². The zero-order valence-electron chi connectivity index (χ0n) is 10.00. The van der Waals surface area contributed by atoms with Crippen LogP contribution in [0.25, 0.3) is 0 Å². The molecule has 0 aromatic heterocycles. The standard InChI is InChI=1S/C13H22N2/c1-11-7-12(2)9-15(8-11)10-13(3-4-13)5-6-14/h11-12H,3-5,7-10H2,1-2H3. The normalized spacial score (nSPS) is 34.7. The van der Waals surface area contributed by atoms with E-state index in [4.69, 9.17) is 5.26 Å². The summed E-state index contributed by atoms with van der Waals surface area (Å²) in [6.45, 7) is 8.38. The van der Waals surface area contributed by atoms with Crippen LogP contribution in [0, 0.1) is 28.6 Å². The largest absolute Gasteiger partial charge is 0.302 e. The monoisotopic (exact) mass is 206 g/mol. The molecule has 0 aromatic carbocycles. The summed E-state index contributed by atoms with van der Waals surface area (Å²) in [7, 11) is 0. The number of likely N-dealkylation sites (tertiary alicyclic amines) is 1. The van der Waals surface area contributed by atoms with E-state index in [1.54, 1.807) is 0 Å². The summed E-state index contributed by atoms with van der Waals surface area (Å²) in [4.78, 5) is 2.60. The first kappa shape index (κ1) is 11.0. The van der Waals surface area contributed by atoms with Gasteiger partial charge in [-0.1, -0.05) is 13.8 Å². The van der Waals surface area contributed by atoms with Crippen molar-refractivity contribution >= 4 is 0 Å². The molecular formula is C13H22N2. The van der Waals surface area contributed by atoms with Gasteiger partial charge in [0.05, 0.1) is 6.07 Å². The molecule has 0 aromatic rings. The lowest BCUT2D eigenvalue weighted by atomic mass is 9.90. The third-order valence-corrected chi connectivity index (χ3v) is 3.91. The van der Waals surface area contributed by atoms with Gasteiger partial charge in [0.1, 0.15) is 0 Å². The molecule has 1 saturated heterocycles. The van der Waals surface area contributed by atoms with Crippen LogP contribution in [0.2, 0.25) is 0 Å². The first-order valence-electron chi connectivity index (χ1n) is 6.23. The summed E-state index contributed by atoms with van der Waals surface area (Å²) in [5, 5.41) is 8.81. The molecule has 2 atom stereocenters. The van der Waals surface area contributed by atoms with Crippen molar-refractivity contribution < 1.29 is 0 Å². The number of hydrogen-bond donors (Lipinski definition) is 0. The van der Waals surface area contributed by atoms with Crippen molar-refractivity contribution in [3.05, 3.63) is 0 Å². The van der Waals surface area contributed by atoms with E-state index in [1.165, 1.54) is 38.9 Å². The average molecular weight is 206 g/mol. The Bertz CT molecular complexity index is 252. The molecule has 2 heteroatoms. The van der Waals surface area contributed by atoms with E-state index in [9.17, 15) is 0 Å². The second kappa shape index (κ2) is 4.14. The maximum absolute atomic E-state index is 8.81. The highest BCUT2D eigenvalue weighted by Gasteiger charge is 2.44. The minimum atomic E-state index is 0.394. The fraction of sp³-hybridized carbons (Fsp3) is 0.923. The SMILES string of the molecule is CC1CC(C)CN(CC2(CC#N)CC2)C1. The van der Waals surface area contributed by atoms with Gasteiger partial charge in [-0.3, -0.25) is 0 Å². The molecule has 0 amide bonds. The summed E-state index contributed by atoms with van der Waals surface area (Å²) in [6.07, 6.45) is 4.70. The molecule has 0 radical (unpaired) electrons. The highest BCUT2D eigenvalue weighted by molar-refractivity contribution is 5.01. The topological polar surface area (TPSA) is 27.0 Å². The van der Waals surface area contributed by atoms with Crippen molar-refractivity contribution in [2.75, 3.05) is 19.6 Å². The van der Waals surface area contributed by atoms with Crippen molar-refractivity contribution in [3.8, 4) is 6.07 Å². The first-order chi connectivity index (χ1) is 7.13. The molecule has 1 aliphatic carbocycles. The molecule has 1 aliphatic heterocycles. The summed E-state index contributed by atoms with van der Waals surface area (Å²) < 4.78 is 0. The fourth-order valence-electron chi connectivity index (χ4n) is 3.13. The highest BCUT2D eigenvalue weighted by Crippen LogP contribution is 2.49. The predicted octanol–water partition coefficient (Wildman–Crippen LogP) is 2.66. The highest BCUT2D eigenvalue weighted by atomic mass is 15.1. The Morgan fingerprint density at radius 1 is 1.27 bits per heavy atom. The Morgan fingerprint density at radius 2 is 1.87 bits per heavy atom. The van der Waals surface area contributed by atoms with Gasteiger partial charge >= 0.3 is 0 Å². The Morgan fingerprint density at radius 3 is 2.33 bits per heavy atom. The smallest absolute Gasteiger partial charge is 0.0628 e. The van der Waals surface area contributed by atoms with E-state index in [0.717, 1.165) is 18.3 Å². The van der Waals surface area contributed by atoms with Crippen LogP contribution in [0.5, 0.6) is 0 Å². The molecule has 15 heavy (non-hydrogen) atoms. The van der Waals surface area contributed by atoms with E-state index < -0.39 is 0 Å². The molecule has 2 rings (SSSR count). The molecular weight excluding hydrogens is 184 g/mol. The van der Waals surface area contributed by atoms with E-state index >= 15 is 0 Å². The van der Waals surface area contributed by atoms with Crippen LogP contribution in [0.15, 0.2) is 0 Å². The summed E-state index contributed by atoms with van der Waals surface area (Å²) in [6, 6.07) is 2.36. The predicted molar refractivity (Wildman–Crippen MR) is 61.3 cm³/mol. The van der Waals surface area contributed by atoms with Gasteiger partial charge in [0.2, 0.25) is 0 Å². The lowest BCUT2D eigenvalue weighted by molar-refractivity contribution is 0.117. The number of nitriles is 1. The Labute approximate surface area is 93.3 Å². The van der Waals surface area contributed by atoms with Crippen LogP contribution < -0.4 is 0 Å². The van der Waals surface area contributed by atoms with Crippen LogP contribution in [-0.2, 0) is 0 Å². The van der Waals surface area contributed by atoms with Crippen LogP contribution in [0.1, 0.15) is 39.5 Å². The van der Waals surface area contributed by atoms with Crippen molar-refractivity contribution in [2.45, 2.75) is 39.5 Å². The quantitative estimate of drug-likeness (QED) is 0.710. The van der Waals surface area contributed by atoms with E-state index in [1.807, 2.05) is 0 Å². The van der Waals surface area contributed by atoms with Gasteiger partial charge < -0.3 is 4.90 Å². The van der Waals surface area contributed by atoms with Crippen LogP contribution in [-0.4, -0.2) is 24.5 Å². The number of piperidine rings is 1. The van der Waals surface area contributed by atoms with Crippen molar-refractivity contribution in [1.82, 2.24) is 4.90 Å². The molecule has 2 unspecified atom stereocenters. The molecule has 1 heterocycles. The molecule has 2 fully saturated rings. The van der Waals surface area contributed by atoms with Gasteiger partial charge in [0, 0.05) is 26.1 Å². The third-order valence-electron chi connectivity index (χ3n) is 3.91. The lowest BCUT2D eigenvalue weighted by Gasteiger charge is -2.36. The second-order valence-corrected chi connectivity index (χ2v) is 5.98. The van der Waals surface area contributed by atoms with Crippen LogP contribution >= 0.6 is 0 Å². The zero-order chi connectivity index (χ0) is 10.9. The molecule has 0 spiro atoms. The molecule has 1 saturated carbocycles. The van der Waals surface area contributed by atoms with Gasteiger partial charge in [0.25, 0.3) is 0 Å². The number of hydrogen-bond acceptors (Lipinski definition) is 2. The first-order valence-corrected chi connectivity index (χ1v) is 6.23. The third kappa shape index (κ3) is 2.72. The van der Waals surface area contributed by atoms with E-state index in [-0.39, 0.29) is 0 Å². The Hall–Kier alpha value is -0.550. The Kier molecular flexibility index (Phi) is 3.02. The lowest BCUT2D eigenvalue weighted by Crippen LogP contribution is -2.41. The fourth-order valence-corrected chi connectivity index (χ4v) is 3.13. The molecule has 2 aliphatic rings. The number of rotatable bonds is 3. The molecule has 0 bridgehead atoms. The van der Waals surface area contributed by atoms with Gasteiger partial charge in [0.15, 0.2) is 0 Å². The minimum Gasteiger partial charge on any atom is -0.302 e. The Balaban J connectivity index is 1.86. The van der Waals surface area contributed by atoms with Crippen molar-refractivity contribution in [1.29, 1.82) is 5.26 Å². The van der Waals surface area contributed by atoms with Gasteiger partial charge in [-0.25, -0.2) is 0 Å². The maximum Gasteiger partial charge on any atom is 0.0628 e. The second-order valence-electron chi connectivity index (χ2n) is 5.98. The summed E-state index contributed by atoms with van der Waals surface area (Å²) >= 11 is 0. The average Bonchev–Trinajstić information content (AvgIpc) is 2.83. The van der Waals surface area contributed by atoms with Crippen LogP contribution in [0.3, 0.4) is 0 Å². The van der Waals surface area contributed by atoms with E-state index in [2.05, 4.69) is 24.8 Å². The zero-order valence-corrected chi connectivity index (χ0v) is 10.00. The maximum atomic E-state index is 8.81. The van der Waals surface area contributed by atoms with E-state index in [0.29, 0.717) is 5.41 Å².